The van der Waals surface area contributed by atoms with Crippen molar-refractivity contribution in [3.05, 3.63) is 36.2 Å². The normalized spacial score (nSPS) is 17.5. The Morgan fingerprint density at radius 3 is 2.88 bits per heavy atom. The number of hydrogen-bond donors (Lipinski definition) is 1. The summed E-state index contributed by atoms with van der Waals surface area (Å²) in [6, 6.07) is 4.23. The van der Waals surface area contributed by atoms with Gasteiger partial charge in [-0.2, -0.15) is 0 Å². The predicted molar refractivity (Wildman–Crippen MR) is 67.4 cm³/mol. The van der Waals surface area contributed by atoms with Crippen molar-refractivity contribution in [2.45, 2.75) is 25.8 Å². The van der Waals surface area contributed by atoms with Gasteiger partial charge in [-0.15, -0.1) is 0 Å². The molecule has 16 heavy (non-hydrogen) atoms. The summed E-state index contributed by atoms with van der Waals surface area (Å²) >= 11 is 0. The van der Waals surface area contributed by atoms with Gasteiger partial charge in [0.1, 0.15) is 0 Å². The van der Waals surface area contributed by atoms with Crippen LogP contribution < -0.4 is 10.6 Å². The van der Waals surface area contributed by atoms with E-state index in [1.54, 1.807) is 0 Å². The Morgan fingerprint density at radius 1 is 1.44 bits per heavy atom. The van der Waals surface area contributed by atoms with E-state index in [1.807, 2.05) is 12.3 Å². The third kappa shape index (κ3) is 2.42. The van der Waals surface area contributed by atoms with Crippen LogP contribution in [0.4, 0.5) is 5.69 Å². The number of nitrogens with two attached hydrogens (primary N) is 1. The molecular formula is C13H19N3. The maximum atomic E-state index is 5.94. The lowest BCUT2D eigenvalue weighted by molar-refractivity contribution is 0.674. The van der Waals surface area contributed by atoms with Crippen molar-refractivity contribution in [2.24, 2.45) is 5.73 Å². The van der Waals surface area contributed by atoms with Gasteiger partial charge in [-0.25, -0.2) is 0 Å². The van der Waals surface area contributed by atoms with Crippen LogP contribution in [0.5, 0.6) is 0 Å². The first-order chi connectivity index (χ1) is 7.81. The summed E-state index contributed by atoms with van der Waals surface area (Å²) < 4.78 is 0. The molecule has 0 aliphatic carbocycles. The van der Waals surface area contributed by atoms with Crippen LogP contribution in [0.15, 0.2) is 30.5 Å². The van der Waals surface area contributed by atoms with Gasteiger partial charge in [-0.1, -0.05) is 19.1 Å². The van der Waals surface area contributed by atoms with Crippen molar-refractivity contribution >= 4 is 5.69 Å². The molecule has 2 heterocycles. The van der Waals surface area contributed by atoms with Crippen LogP contribution in [0.2, 0.25) is 0 Å². The van der Waals surface area contributed by atoms with Crippen molar-refractivity contribution in [2.75, 3.05) is 18.0 Å². The van der Waals surface area contributed by atoms with E-state index in [2.05, 4.69) is 35.0 Å². The highest BCUT2D eigenvalue weighted by molar-refractivity contribution is 5.46. The molecule has 0 spiro atoms. The topological polar surface area (TPSA) is 42.1 Å². The SMILES string of the molecule is CCC(N)c1ccc(N2CC=CCC2)cn1. The maximum Gasteiger partial charge on any atom is 0.0572 e. The molecule has 0 radical (unpaired) electrons. The summed E-state index contributed by atoms with van der Waals surface area (Å²) in [6.45, 7) is 4.15. The Hall–Kier alpha value is -1.35. The van der Waals surface area contributed by atoms with E-state index in [4.69, 9.17) is 5.73 Å². The van der Waals surface area contributed by atoms with Gasteiger partial charge >= 0.3 is 0 Å². The smallest absolute Gasteiger partial charge is 0.0572 e. The number of nitrogens with zero attached hydrogens (tertiary/aromatic N) is 2. The van der Waals surface area contributed by atoms with Gasteiger partial charge in [0, 0.05) is 19.1 Å². The minimum atomic E-state index is 0.0651. The monoisotopic (exact) mass is 217 g/mol. The van der Waals surface area contributed by atoms with Crippen LogP contribution in [0.25, 0.3) is 0 Å². The number of aromatic nitrogens is 1. The average Bonchev–Trinajstić information content (AvgIpc) is 2.39. The summed E-state index contributed by atoms with van der Waals surface area (Å²) in [4.78, 5) is 6.76. The van der Waals surface area contributed by atoms with E-state index < -0.39 is 0 Å². The first-order valence-corrected chi connectivity index (χ1v) is 5.92. The molecule has 1 unspecified atom stereocenters. The van der Waals surface area contributed by atoms with Crippen LogP contribution in [-0.2, 0) is 0 Å². The molecule has 1 aliphatic heterocycles. The Bertz CT molecular complexity index is 356. The molecule has 3 nitrogen and oxygen atoms in total. The molecule has 2 N–H and O–H groups in total. The molecule has 1 aliphatic rings. The molecule has 0 bridgehead atoms. The van der Waals surface area contributed by atoms with Gasteiger partial charge in [0.15, 0.2) is 0 Å². The molecule has 86 valence electrons. The lowest BCUT2D eigenvalue weighted by Gasteiger charge is -2.25. The third-order valence-electron chi connectivity index (χ3n) is 3.01. The number of anilines is 1. The fraction of sp³-hybridized carbons (Fsp3) is 0.462. The Labute approximate surface area is 97.0 Å². The predicted octanol–water partition coefficient (Wildman–Crippen LogP) is 2.26. The van der Waals surface area contributed by atoms with Crippen LogP contribution >= 0.6 is 0 Å². The summed E-state index contributed by atoms with van der Waals surface area (Å²) in [5.41, 5.74) is 8.11. The third-order valence-corrected chi connectivity index (χ3v) is 3.01. The van der Waals surface area contributed by atoms with Crippen LogP contribution in [0.1, 0.15) is 31.5 Å². The van der Waals surface area contributed by atoms with E-state index in [9.17, 15) is 0 Å². The van der Waals surface area contributed by atoms with Crippen molar-refractivity contribution in [3.8, 4) is 0 Å². The van der Waals surface area contributed by atoms with E-state index >= 15 is 0 Å². The highest BCUT2D eigenvalue weighted by Crippen LogP contribution is 2.18. The minimum absolute atomic E-state index is 0.0651. The fourth-order valence-corrected chi connectivity index (χ4v) is 1.89. The maximum absolute atomic E-state index is 5.94. The van der Waals surface area contributed by atoms with Gasteiger partial charge in [-0.05, 0) is 25.0 Å². The Balaban J connectivity index is 2.09. The lowest BCUT2D eigenvalue weighted by Crippen LogP contribution is -2.26. The van der Waals surface area contributed by atoms with E-state index in [1.165, 1.54) is 5.69 Å². The molecule has 2 rings (SSSR count). The zero-order valence-electron chi connectivity index (χ0n) is 9.76. The average molecular weight is 217 g/mol. The minimum Gasteiger partial charge on any atom is -0.366 e. The fourth-order valence-electron chi connectivity index (χ4n) is 1.89. The summed E-state index contributed by atoms with van der Waals surface area (Å²) in [5.74, 6) is 0. The standard InChI is InChI=1S/C13H19N3/c1-2-12(14)13-7-6-11(10-15-13)16-8-4-3-5-9-16/h3-4,6-7,10,12H,2,5,8-9,14H2,1H3. The van der Waals surface area contributed by atoms with Crippen LogP contribution in [0, 0.1) is 0 Å². The van der Waals surface area contributed by atoms with E-state index in [0.29, 0.717) is 0 Å². The first kappa shape index (κ1) is 11.1. The highest BCUT2D eigenvalue weighted by atomic mass is 15.1. The van der Waals surface area contributed by atoms with Gasteiger partial charge in [0.05, 0.1) is 17.6 Å². The molecule has 0 fully saturated rings. The van der Waals surface area contributed by atoms with Crippen LogP contribution in [0.3, 0.4) is 0 Å². The summed E-state index contributed by atoms with van der Waals surface area (Å²) in [6.07, 6.45) is 8.42. The zero-order valence-corrected chi connectivity index (χ0v) is 9.76. The molecule has 1 atom stereocenters. The van der Waals surface area contributed by atoms with Crippen molar-refractivity contribution < 1.29 is 0 Å². The van der Waals surface area contributed by atoms with Gasteiger partial charge in [-0.3, -0.25) is 4.98 Å². The molecule has 0 aromatic carbocycles. The Kier molecular flexibility index (Phi) is 3.57. The second kappa shape index (κ2) is 5.12. The largest absolute Gasteiger partial charge is 0.366 e. The molecule has 0 saturated heterocycles. The lowest BCUT2D eigenvalue weighted by atomic mass is 10.1. The van der Waals surface area contributed by atoms with Gasteiger partial charge in [0.2, 0.25) is 0 Å². The molecule has 1 aromatic rings. The number of pyridine rings is 1. The van der Waals surface area contributed by atoms with Crippen molar-refractivity contribution in [1.29, 1.82) is 0 Å². The second-order valence-electron chi connectivity index (χ2n) is 4.16. The highest BCUT2D eigenvalue weighted by Gasteiger charge is 2.09. The number of hydrogen-bond acceptors (Lipinski definition) is 3. The zero-order chi connectivity index (χ0) is 11.4. The van der Waals surface area contributed by atoms with Gasteiger partial charge in [0.25, 0.3) is 0 Å². The van der Waals surface area contributed by atoms with E-state index in [-0.39, 0.29) is 6.04 Å². The molecule has 1 aromatic heterocycles. The molecule has 0 amide bonds. The van der Waals surface area contributed by atoms with Crippen molar-refractivity contribution in [1.82, 2.24) is 4.98 Å². The summed E-state index contributed by atoms with van der Waals surface area (Å²) in [5, 5.41) is 0. The van der Waals surface area contributed by atoms with E-state index in [0.717, 1.165) is 31.6 Å². The Morgan fingerprint density at radius 2 is 2.31 bits per heavy atom. The molecule has 3 heteroatoms. The first-order valence-electron chi connectivity index (χ1n) is 5.92. The summed E-state index contributed by atoms with van der Waals surface area (Å²) in [7, 11) is 0. The quantitative estimate of drug-likeness (QED) is 0.790. The molecule has 0 saturated carbocycles. The van der Waals surface area contributed by atoms with Crippen LogP contribution in [-0.4, -0.2) is 18.1 Å². The van der Waals surface area contributed by atoms with Crippen molar-refractivity contribution in [3.63, 3.8) is 0 Å². The second-order valence-corrected chi connectivity index (χ2v) is 4.16. The molecular weight excluding hydrogens is 198 g/mol. The van der Waals surface area contributed by atoms with Gasteiger partial charge < -0.3 is 10.6 Å². The number of rotatable bonds is 3.